The third kappa shape index (κ3) is 4.53. The normalized spacial score (nSPS) is 19.4. The van der Waals surface area contributed by atoms with Crippen molar-refractivity contribution in [3.63, 3.8) is 0 Å². The molecule has 1 atom stereocenters. The zero-order valence-electron chi connectivity index (χ0n) is 16.4. The first kappa shape index (κ1) is 20.5. The minimum atomic E-state index is -3.60. The predicted octanol–water partition coefficient (Wildman–Crippen LogP) is 3.54. The highest BCUT2D eigenvalue weighted by Crippen LogP contribution is 2.37. The zero-order chi connectivity index (χ0) is 20.4. The van der Waals surface area contributed by atoms with Crippen LogP contribution in [0.3, 0.4) is 0 Å². The second-order valence-electron chi connectivity index (χ2n) is 7.40. The number of fused-ring (bicyclic) bond motifs is 1. The number of hydrogen-bond acceptors (Lipinski definition) is 5. The molecule has 0 spiro atoms. The summed E-state index contributed by atoms with van der Waals surface area (Å²) in [4.78, 5) is 2.55. The van der Waals surface area contributed by atoms with Gasteiger partial charge in [-0.3, -0.25) is 4.90 Å². The Hall–Kier alpha value is -1.80. The van der Waals surface area contributed by atoms with Crippen LogP contribution in [0.2, 0.25) is 5.02 Å². The third-order valence-electron chi connectivity index (χ3n) is 5.45. The van der Waals surface area contributed by atoms with E-state index >= 15 is 0 Å². The van der Waals surface area contributed by atoms with Gasteiger partial charge in [0, 0.05) is 24.2 Å². The minimum Gasteiger partial charge on any atom is -0.486 e. The molecule has 0 amide bonds. The Balaban J connectivity index is 1.41. The van der Waals surface area contributed by atoms with E-state index < -0.39 is 10.0 Å². The van der Waals surface area contributed by atoms with Gasteiger partial charge < -0.3 is 9.47 Å². The van der Waals surface area contributed by atoms with Crippen LogP contribution in [-0.2, 0) is 10.0 Å². The number of ether oxygens (including phenoxy) is 2. The van der Waals surface area contributed by atoms with Crippen molar-refractivity contribution in [3.8, 4) is 11.5 Å². The maximum Gasteiger partial charge on any atom is 0.240 e. The molecule has 0 saturated carbocycles. The summed E-state index contributed by atoms with van der Waals surface area (Å²) in [5, 5.41) is 0.411. The number of nitrogens with zero attached hydrogens (tertiary/aromatic N) is 1. The molecule has 2 aliphatic heterocycles. The standard InChI is InChI=1S/C21H25ClN2O4S/c1-15-4-6-17(22)14-21(15)29(25,26)23-8-10-24-9-2-3-18(24)16-5-7-19-20(13-16)28-12-11-27-19/h4-7,13-14,18,23H,2-3,8-12H2,1H3. The summed E-state index contributed by atoms with van der Waals surface area (Å²) in [6.07, 6.45) is 2.12. The van der Waals surface area contributed by atoms with E-state index in [1.54, 1.807) is 19.1 Å². The molecule has 156 valence electrons. The smallest absolute Gasteiger partial charge is 0.240 e. The van der Waals surface area contributed by atoms with Gasteiger partial charge in [-0.2, -0.15) is 0 Å². The Morgan fingerprint density at radius 3 is 2.76 bits per heavy atom. The minimum absolute atomic E-state index is 0.231. The van der Waals surface area contributed by atoms with Crippen molar-refractivity contribution < 1.29 is 17.9 Å². The van der Waals surface area contributed by atoms with Gasteiger partial charge in [-0.05, 0) is 61.7 Å². The molecule has 29 heavy (non-hydrogen) atoms. The van der Waals surface area contributed by atoms with E-state index in [4.69, 9.17) is 21.1 Å². The van der Waals surface area contributed by atoms with Crippen LogP contribution in [0.1, 0.15) is 30.0 Å². The predicted molar refractivity (Wildman–Crippen MR) is 112 cm³/mol. The highest BCUT2D eigenvalue weighted by atomic mass is 35.5. The molecule has 1 fully saturated rings. The summed E-state index contributed by atoms with van der Waals surface area (Å²) in [5.74, 6) is 1.58. The van der Waals surface area contributed by atoms with Gasteiger partial charge >= 0.3 is 0 Å². The lowest BCUT2D eigenvalue weighted by Crippen LogP contribution is -2.35. The van der Waals surface area contributed by atoms with E-state index in [0.717, 1.165) is 30.9 Å². The largest absolute Gasteiger partial charge is 0.486 e. The first-order valence-electron chi connectivity index (χ1n) is 9.83. The maximum atomic E-state index is 12.7. The van der Waals surface area contributed by atoms with Crippen LogP contribution >= 0.6 is 11.6 Å². The van der Waals surface area contributed by atoms with Crippen LogP contribution in [0.15, 0.2) is 41.3 Å². The molecule has 1 unspecified atom stereocenters. The fourth-order valence-corrected chi connectivity index (χ4v) is 5.53. The van der Waals surface area contributed by atoms with E-state index in [-0.39, 0.29) is 10.9 Å². The quantitative estimate of drug-likeness (QED) is 0.750. The maximum absolute atomic E-state index is 12.7. The summed E-state index contributed by atoms with van der Waals surface area (Å²) >= 11 is 5.98. The SMILES string of the molecule is Cc1ccc(Cl)cc1S(=O)(=O)NCCN1CCCC1c1ccc2c(c1)OCCO2. The number of benzene rings is 2. The highest BCUT2D eigenvalue weighted by Gasteiger charge is 2.27. The van der Waals surface area contributed by atoms with Gasteiger partial charge in [-0.25, -0.2) is 13.1 Å². The molecule has 0 aromatic heterocycles. The molecule has 2 aliphatic rings. The molecular weight excluding hydrogens is 412 g/mol. The third-order valence-corrected chi connectivity index (χ3v) is 7.28. The lowest BCUT2D eigenvalue weighted by atomic mass is 10.0. The Morgan fingerprint density at radius 2 is 1.93 bits per heavy atom. The van der Waals surface area contributed by atoms with Crippen LogP contribution in [0.5, 0.6) is 11.5 Å². The first-order valence-corrected chi connectivity index (χ1v) is 11.7. The number of rotatable bonds is 6. The lowest BCUT2D eigenvalue weighted by Gasteiger charge is -2.26. The number of likely N-dealkylation sites (tertiary alicyclic amines) is 1. The molecule has 0 aliphatic carbocycles. The molecule has 1 saturated heterocycles. The van der Waals surface area contributed by atoms with Gasteiger partial charge in [0.1, 0.15) is 13.2 Å². The average Bonchev–Trinajstić information content (AvgIpc) is 3.17. The Morgan fingerprint density at radius 1 is 1.14 bits per heavy atom. The van der Waals surface area contributed by atoms with Crippen LogP contribution in [0.25, 0.3) is 0 Å². The summed E-state index contributed by atoms with van der Waals surface area (Å²) in [6, 6.07) is 11.3. The van der Waals surface area contributed by atoms with Gasteiger partial charge in [0.05, 0.1) is 4.90 Å². The Labute approximate surface area is 176 Å². The summed E-state index contributed by atoms with van der Waals surface area (Å²) < 4.78 is 39.4. The van der Waals surface area contributed by atoms with E-state index in [0.29, 0.717) is 36.9 Å². The van der Waals surface area contributed by atoms with Gasteiger partial charge in [0.25, 0.3) is 0 Å². The second-order valence-corrected chi connectivity index (χ2v) is 9.58. The summed E-state index contributed by atoms with van der Waals surface area (Å²) in [7, 11) is -3.60. The monoisotopic (exact) mass is 436 g/mol. The van der Waals surface area contributed by atoms with E-state index in [2.05, 4.69) is 21.8 Å². The Bertz CT molecular complexity index is 996. The second kappa shape index (κ2) is 8.52. The average molecular weight is 437 g/mol. The van der Waals surface area contributed by atoms with Crippen LogP contribution in [0, 0.1) is 6.92 Å². The molecule has 2 heterocycles. The van der Waals surface area contributed by atoms with Crippen molar-refractivity contribution in [2.75, 3.05) is 32.8 Å². The summed E-state index contributed by atoms with van der Waals surface area (Å²) in [6.45, 7) is 4.83. The van der Waals surface area contributed by atoms with Crippen molar-refractivity contribution in [3.05, 3.63) is 52.5 Å². The van der Waals surface area contributed by atoms with Crippen molar-refractivity contribution in [2.24, 2.45) is 0 Å². The van der Waals surface area contributed by atoms with Crippen molar-refractivity contribution >= 4 is 21.6 Å². The van der Waals surface area contributed by atoms with Gasteiger partial charge in [0.2, 0.25) is 10.0 Å². The number of sulfonamides is 1. The van der Waals surface area contributed by atoms with Crippen molar-refractivity contribution in [1.82, 2.24) is 9.62 Å². The fourth-order valence-electron chi connectivity index (χ4n) is 4.00. The van der Waals surface area contributed by atoms with Crippen LogP contribution in [-0.4, -0.2) is 46.2 Å². The zero-order valence-corrected chi connectivity index (χ0v) is 17.9. The first-order chi connectivity index (χ1) is 13.9. The van der Waals surface area contributed by atoms with E-state index in [9.17, 15) is 8.42 Å². The lowest BCUT2D eigenvalue weighted by molar-refractivity contribution is 0.170. The van der Waals surface area contributed by atoms with Gasteiger partial charge in [-0.15, -0.1) is 0 Å². The Kier molecular flexibility index (Phi) is 6.01. The fraction of sp³-hybridized carbons (Fsp3) is 0.429. The summed E-state index contributed by atoms with van der Waals surface area (Å²) in [5.41, 5.74) is 1.86. The van der Waals surface area contributed by atoms with E-state index in [1.165, 1.54) is 11.6 Å². The topological polar surface area (TPSA) is 67.9 Å². The molecule has 4 rings (SSSR count). The van der Waals surface area contributed by atoms with Crippen LogP contribution < -0.4 is 14.2 Å². The van der Waals surface area contributed by atoms with Gasteiger partial charge in [0.15, 0.2) is 11.5 Å². The molecule has 0 radical (unpaired) electrons. The molecule has 8 heteroatoms. The number of nitrogens with one attached hydrogen (secondary N) is 1. The van der Waals surface area contributed by atoms with Crippen molar-refractivity contribution in [1.29, 1.82) is 0 Å². The number of halogens is 1. The number of aryl methyl sites for hydroxylation is 1. The molecule has 0 bridgehead atoms. The number of hydrogen-bond donors (Lipinski definition) is 1. The van der Waals surface area contributed by atoms with Crippen LogP contribution in [0.4, 0.5) is 0 Å². The van der Waals surface area contributed by atoms with Crippen molar-refractivity contribution in [2.45, 2.75) is 30.7 Å². The highest BCUT2D eigenvalue weighted by molar-refractivity contribution is 7.89. The molecule has 2 aromatic rings. The molecule has 6 nitrogen and oxygen atoms in total. The van der Waals surface area contributed by atoms with Gasteiger partial charge in [-0.1, -0.05) is 23.7 Å². The van der Waals surface area contributed by atoms with E-state index in [1.807, 2.05) is 6.07 Å². The molecule has 1 N–H and O–H groups in total. The molecular formula is C21H25ClN2O4S. The molecule has 2 aromatic carbocycles.